The van der Waals surface area contributed by atoms with Crippen molar-refractivity contribution in [2.75, 3.05) is 20.1 Å². The van der Waals surface area contributed by atoms with Crippen LogP contribution in [0.15, 0.2) is 60.7 Å². The normalized spacial score (nSPS) is 15.4. The van der Waals surface area contributed by atoms with Crippen molar-refractivity contribution >= 4 is 30.2 Å². The van der Waals surface area contributed by atoms with E-state index in [1.54, 1.807) is 0 Å². The highest BCUT2D eigenvalue weighted by Gasteiger charge is 2.26. The third-order valence-electron chi connectivity index (χ3n) is 6.40. The Balaban J connectivity index is 1.52. The Labute approximate surface area is 186 Å². The van der Waals surface area contributed by atoms with Gasteiger partial charge in [-0.3, -0.25) is 4.79 Å². The minimum absolute atomic E-state index is 0.0996. The van der Waals surface area contributed by atoms with Gasteiger partial charge in [-0.15, -0.1) is 0 Å². The fraction of sp³-hybridized carbons (Fsp3) is 0.346. The predicted molar refractivity (Wildman–Crippen MR) is 130 cm³/mol. The number of nitrogens with one attached hydrogen (secondary N) is 1. The lowest BCUT2D eigenvalue weighted by atomic mass is 9.88. The van der Waals surface area contributed by atoms with Crippen molar-refractivity contribution in [3.63, 3.8) is 0 Å². The maximum absolute atomic E-state index is 13.4. The van der Waals surface area contributed by atoms with Crippen LogP contribution in [0, 0.1) is 0 Å². The summed E-state index contributed by atoms with van der Waals surface area (Å²) in [5.41, 5.74) is 3.43. The van der Waals surface area contributed by atoms with Crippen LogP contribution < -0.4 is 10.5 Å². The van der Waals surface area contributed by atoms with Crippen LogP contribution in [0.25, 0.3) is 10.8 Å². The van der Waals surface area contributed by atoms with Gasteiger partial charge in [-0.1, -0.05) is 54.6 Å². The van der Waals surface area contributed by atoms with Gasteiger partial charge < -0.3 is 15.0 Å². The monoisotopic (exact) mass is 432 g/mol. The first-order valence-corrected chi connectivity index (χ1v) is 14.1. The van der Waals surface area contributed by atoms with Gasteiger partial charge in [-0.25, -0.2) is 0 Å². The highest BCUT2D eigenvalue weighted by atomic mass is 28.4. The number of rotatable bonds is 5. The molecule has 3 aromatic carbocycles. The molecule has 1 aliphatic heterocycles. The van der Waals surface area contributed by atoms with E-state index >= 15 is 0 Å². The Bertz CT molecular complexity index is 1080. The molecule has 1 heterocycles. The van der Waals surface area contributed by atoms with Crippen molar-refractivity contribution in [1.82, 2.24) is 10.2 Å². The Hall–Kier alpha value is -2.47. The van der Waals surface area contributed by atoms with Gasteiger partial charge in [0.15, 0.2) is 0 Å². The van der Waals surface area contributed by atoms with Crippen molar-refractivity contribution in [1.29, 1.82) is 0 Å². The number of fused-ring (bicyclic) bond motifs is 1. The Morgan fingerprint density at radius 1 is 1.06 bits per heavy atom. The van der Waals surface area contributed by atoms with Gasteiger partial charge in [-0.05, 0) is 72.1 Å². The maximum atomic E-state index is 13.4. The van der Waals surface area contributed by atoms with Crippen LogP contribution in [-0.2, 0) is 6.54 Å². The highest BCUT2D eigenvalue weighted by molar-refractivity contribution is 6.83. The first-order chi connectivity index (χ1) is 14.9. The fourth-order valence-corrected chi connectivity index (χ4v) is 5.58. The Kier molecular flexibility index (Phi) is 6.28. The number of carbonyl (C=O) groups excluding carboxylic acids is 1. The molecular weight excluding hydrogens is 400 g/mol. The van der Waals surface area contributed by atoms with Crippen LogP contribution in [0.4, 0.5) is 0 Å². The van der Waals surface area contributed by atoms with E-state index in [-0.39, 0.29) is 5.91 Å². The molecule has 4 rings (SSSR count). The molecule has 162 valence electrons. The van der Waals surface area contributed by atoms with E-state index in [1.165, 1.54) is 11.1 Å². The van der Waals surface area contributed by atoms with E-state index in [9.17, 15) is 9.59 Å². The zero-order valence-corrected chi connectivity index (χ0v) is 19.7. The summed E-state index contributed by atoms with van der Waals surface area (Å²) < 4.78 is 0. The summed E-state index contributed by atoms with van der Waals surface area (Å²) in [5.74, 6) is 0.601. The lowest BCUT2D eigenvalue weighted by molar-refractivity contribution is 0.0715. The molecule has 0 spiro atoms. The summed E-state index contributed by atoms with van der Waals surface area (Å²) in [6, 6.07) is 20.8. The molecule has 0 aliphatic carbocycles. The molecule has 0 atom stereocenters. The number of amides is 1. The number of carbonyl (C=O) groups is 1. The van der Waals surface area contributed by atoms with Gasteiger partial charge in [0, 0.05) is 25.2 Å². The molecule has 0 aromatic heterocycles. The van der Waals surface area contributed by atoms with Crippen LogP contribution in [0.2, 0.25) is 13.1 Å². The highest BCUT2D eigenvalue weighted by Crippen LogP contribution is 2.30. The molecule has 4 nitrogen and oxygen atoms in total. The molecule has 0 bridgehead atoms. The van der Waals surface area contributed by atoms with Crippen molar-refractivity contribution < 1.29 is 9.59 Å². The second-order valence-electron chi connectivity index (χ2n) is 9.14. The van der Waals surface area contributed by atoms with Crippen molar-refractivity contribution in [3.8, 4) is 0 Å². The molecule has 3 aromatic rings. The third kappa shape index (κ3) is 4.74. The molecule has 31 heavy (non-hydrogen) atoms. The van der Waals surface area contributed by atoms with Crippen LogP contribution >= 0.6 is 0 Å². The molecule has 0 unspecified atom stereocenters. The number of piperidine rings is 1. The summed E-state index contributed by atoms with van der Waals surface area (Å²) >= 11 is 0. The molecule has 1 fully saturated rings. The lowest BCUT2D eigenvalue weighted by Crippen LogP contribution is -2.41. The minimum Gasteiger partial charge on any atom is -0.428 e. The van der Waals surface area contributed by atoms with E-state index < -0.39 is 8.32 Å². The van der Waals surface area contributed by atoms with Crippen molar-refractivity contribution in [3.05, 3.63) is 77.4 Å². The van der Waals surface area contributed by atoms with Gasteiger partial charge in [0.2, 0.25) is 8.32 Å². The van der Waals surface area contributed by atoms with E-state index in [4.69, 9.17) is 0 Å². The van der Waals surface area contributed by atoms with E-state index in [1.807, 2.05) is 61.4 Å². The molecule has 0 radical (unpaired) electrons. The van der Waals surface area contributed by atoms with Gasteiger partial charge in [0.1, 0.15) is 0 Å². The summed E-state index contributed by atoms with van der Waals surface area (Å²) in [5, 5.41) is 6.17. The topological polar surface area (TPSA) is 52.6 Å². The smallest absolute Gasteiger partial charge is 0.254 e. The largest absolute Gasteiger partial charge is 0.428 e. The average Bonchev–Trinajstić information content (AvgIpc) is 2.78. The maximum Gasteiger partial charge on any atom is 0.254 e. The third-order valence-corrected chi connectivity index (χ3v) is 8.13. The molecule has 5 heteroatoms. The molecule has 1 saturated heterocycles. The van der Waals surface area contributed by atoms with E-state index in [2.05, 4.69) is 29.6 Å². The summed E-state index contributed by atoms with van der Waals surface area (Å²) in [6.07, 6.45) is 1.97. The zero-order chi connectivity index (χ0) is 22.0. The molecule has 1 amide bonds. The van der Waals surface area contributed by atoms with Crippen molar-refractivity contribution in [2.24, 2.45) is 0 Å². The standard InChI is InChI=1S/C26H32N2O2Si/c1-27-18-19-6-4-8-22(16-19)20-12-14-28(15-13-20)26(29)24-9-5-7-21-10-11-23(17-25(21)24)31(2,3)30/h4-11,16-17,20,27,30H,12-15,18H2,1-3H3. The van der Waals surface area contributed by atoms with Crippen LogP contribution in [0.5, 0.6) is 0 Å². The number of nitrogens with zero attached hydrogens (tertiary/aromatic N) is 1. The number of likely N-dealkylation sites (tertiary alicyclic amines) is 1. The second kappa shape index (κ2) is 8.95. The van der Waals surface area contributed by atoms with Gasteiger partial charge in [0.25, 0.3) is 5.91 Å². The average molecular weight is 433 g/mol. The van der Waals surface area contributed by atoms with Crippen LogP contribution in [0.1, 0.15) is 40.2 Å². The molecule has 1 aliphatic rings. The van der Waals surface area contributed by atoms with Gasteiger partial charge in [0.05, 0.1) is 0 Å². The molecular formula is C26H32N2O2Si. The summed E-state index contributed by atoms with van der Waals surface area (Å²) in [6.45, 7) is 6.25. The number of benzene rings is 3. The second-order valence-corrected chi connectivity index (χ2v) is 12.8. The lowest BCUT2D eigenvalue weighted by Gasteiger charge is -2.33. The number of hydrogen-bond donors (Lipinski definition) is 2. The van der Waals surface area contributed by atoms with Gasteiger partial charge in [-0.2, -0.15) is 0 Å². The minimum atomic E-state index is -2.43. The molecule has 2 N–H and O–H groups in total. The first-order valence-electron chi connectivity index (χ1n) is 11.1. The van der Waals surface area contributed by atoms with Crippen LogP contribution in [-0.4, -0.2) is 44.1 Å². The van der Waals surface area contributed by atoms with Crippen LogP contribution in [0.3, 0.4) is 0 Å². The van der Waals surface area contributed by atoms with E-state index in [0.29, 0.717) is 5.92 Å². The Morgan fingerprint density at radius 3 is 2.52 bits per heavy atom. The summed E-state index contributed by atoms with van der Waals surface area (Å²) in [4.78, 5) is 26.0. The predicted octanol–water partition coefficient (Wildman–Crippen LogP) is 3.98. The van der Waals surface area contributed by atoms with Gasteiger partial charge >= 0.3 is 0 Å². The quantitative estimate of drug-likeness (QED) is 0.600. The SMILES string of the molecule is CNCc1cccc(C2CCN(C(=O)c3cccc4ccc([Si](C)(C)O)cc34)CC2)c1. The molecule has 0 saturated carbocycles. The zero-order valence-electron chi connectivity index (χ0n) is 18.7. The van der Waals surface area contributed by atoms with Crippen molar-refractivity contribution in [2.45, 2.75) is 38.4 Å². The fourth-order valence-electron chi connectivity index (χ4n) is 4.59. The summed E-state index contributed by atoms with van der Waals surface area (Å²) in [7, 11) is -0.466. The first kappa shape index (κ1) is 21.7. The van der Waals surface area contributed by atoms with E-state index in [0.717, 1.165) is 54.0 Å². The Morgan fingerprint density at radius 2 is 1.81 bits per heavy atom. The number of hydrogen-bond acceptors (Lipinski definition) is 3.